The van der Waals surface area contributed by atoms with E-state index < -0.39 is 5.41 Å². The van der Waals surface area contributed by atoms with Crippen molar-refractivity contribution < 1.29 is 9.53 Å². The number of carbonyl (C=O) groups excluding carboxylic acids is 1. The predicted octanol–water partition coefficient (Wildman–Crippen LogP) is 3.86. The van der Waals surface area contributed by atoms with Crippen molar-refractivity contribution in [2.24, 2.45) is 5.41 Å². The summed E-state index contributed by atoms with van der Waals surface area (Å²) in [4.78, 5) is 34.2. The van der Waals surface area contributed by atoms with E-state index in [4.69, 9.17) is 16.3 Å². The average molecular weight is 460 g/mol. The van der Waals surface area contributed by atoms with Crippen molar-refractivity contribution in [1.29, 1.82) is 0 Å². The van der Waals surface area contributed by atoms with E-state index in [0.717, 1.165) is 33.0 Å². The van der Waals surface area contributed by atoms with Gasteiger partial charge in [0.15, 0.2) is 0 Å². The molecule has 0 radical (unpaired) electrons. The molecule has 0 atom stereocenters. The Balaban J connectivity index is 1.57. The first-order chi connectivity index (χ1) is 14.8. The number of hydrogen-bond acceptors (Lipinski definition) is 5. The van der Waals surface area contributed by atoms with Crippen molar-refractivity contribution in [3.05, 3.63) is 57.0 Å². The zero-order chi connectivity index (χ0) is 22.2. The SMILES string of the molecule is COc1ccc(CCn2cnc3sc4c(c3c2=O)CCN(C(=O)C(C)(C)CCl)C4)cc1. The number of aromatic nitrogens is 2. The van der Waals surface area contributed by atoms with E-state index >= 15 is 0 Å². The molecule has 0 spiro atoms. The summed E-state index contributed by atoms with van der Waals surface area (Å²) in [5.74, 6) is 1.15. The number of thiophene rings is 1. The minimum Gasteiger partial charge on any atom is -0.497 e. The maximum Gasteiger partial charge on any atom is 0.262 e. The van der Waals surface area contributed by atoms with E-state index in [0.29, 0.717) is 31.4 Å². The number of fused-ring (bicyclic) bond motifs is 3. The topological polar surface area (TPSA) is 64.4 Å². The van der Waals surface area contributed by atoms with Crippen molar-refractivity contribution in [3.8, 4) is 5.75 Å². The molecule has 31 heavy (non-hydrogen) atoms. The van der Waals surface area contributed by atoms with Gasteiger partial charge in [0.1, 0.15) is 10.6 Å². The summed E-state index contributed by atoms with van der Waals surface area (Å²) in [5.41, 5.74) is 1.58. The number of alkyl halides is 1. The van der Waals surface area contributed by atoms with Crippen LogP contribution in [0, 0.1) is 5.41 Å². The Hall–Kier alpha value is -2.38. The molecule has 0 saturated heterocycles. The Morgan fingerprint density at radius 1 is 1.29 bits per heavy atom. The number of nitrogens with zero attached hydrogens (tertiary/aromatic N) is 3. The van der Waals surface area contributed by atoms with Crippen LogP contribution in [0.15, 0.2) is 35.4 Å². The molecule has 2 aromatic heterocycles. The van der Waals surface area contributed by atoms with Crippen LogP contribution in [0.25, 0.3) is 10.2 Å². The Labute approximate surface area is 190 Å². The first-order valence-electron chi connectivity index (χ1n) is 10.3. The zero-order valence-electron chi connectivity index (χ0n) is 18.0. The van der Waals surface area contributed by atoms with Gasteiger partial charge in [-0.1, -0.05) is 12.1 Å². The molecule has 0 unspecified atom stereocenters. The highest BCUT2D eigenvalue weighted by Gasteiger charge is 2.34. The van der Waals surface area contributed by atoms with Crippen molar-refractivity contribution in [1.82, 2.24) is 14.5 Å². The Bertz CT molecular complexity index is 1170. The van der Waals surface area contributed by atoms with E-state index in [9.17, 15) is 9.59 Å². The Morgan fingerprint density at radius 2 is 2.03 bits per heavy atom. The van der Waals surface area contributed by atoms with Gasteiger partial charge >= 0.3 is 0 Å². The molecular weight excluding hydrogens is 434 g/mol. The van der Waals surface area contributed by atoms with Crippen LogP contribution in [-0.2, 0) is 30.7 Å². The second-order valence-corrected chi connectivity index (χ2v) is 9.87. The number of rotatable bonds is 6. The molecule has 1 aromatic carbocycles. The molecule has 164 valence electrons. The van der Waals surface area contributed by atoms with Crippen LogP contribution < -0.4 is 10.3 Å². The van der Waals surface area contributed by atoms with E-state index in [1.54, 1.807) is 18.0 Å². The minimum atomic E-state index is -0.595. The normalized spacial score (nSPS) is 14.0. The summed E-state index contributed by atoms with van der Waals surface area (Å²) in [6.45, 7) is 5.41. The fourth-order valence-corrected chi connectivity index (χ4v) is 5.19. The Kier molecular flexibility index (Phi) is 6.08. The van der Waals surface area contributed by atoms with Crippen LogP contribution in [0.3, 0.4) is 0 Å². The number of halogens is 1. The molecule has 1 aliphatic rings. The summed E-state index contributed by atoms with van der Waals surface area (Å²) < 4.78 is 6.88. The molecule has 0 N–H and O–H groups in total. The van der Waals surface area contributed by atoms with Crippen LogP contribution in [0.4, 0.5) is 0 Å². The van der Waals surface area contributed by atoms with Crippen molar-refractivity contribution >= 4 is 39.1 Å². The number of benzene rings is 1. The third-order valence-corrected chi connectivity index (χ3v) is 7.62. The predicted molar refractivity (Wildman–Crippen MR) is 124 cm³/mol. The lowest BCUT2D eigenvalue weighted by molar-refractivity contribution is -0.140. The molecule has 3 aromatic rings. The molecule has 0 saturated carbocycles. The van der Waals surface area contributed by atoms with Crippen LogP contribution in [0.2, 0.25) is 0 Å². The number of carbonyl (C=O) groups is 1. The van der Waals surface area contributed by atoms with Crippen molar-refractivity contribution in [2.75, 3.05) is 19.5 Å². The summed E-state index contributed by atoms with van der Waals surface area (Å²) in [6.07, 6.45) is 3.04. The first kappa shape index (κ1) is 21.8. The molecule has 6 nitrogen and oxygen atoms in total. The fraction of sp³-hybridized carbons (Fsp3) is 0.435. The van der Waals surface area contributed by atoms with Crippen LogP contribution >= 0.6 is 22.9 Å². The minimum absolute atomic E-state index is 0.00289. The number of aryl methyl sites for hydroxylation is 2. The molecule has 1 amide bonds. The molecule has 8 heteroatoms. The van der Waals surface area contributed by atoms with Gasteiger partial charge in [-0.15, -0.1) is 22.9 Å². The second kappa shape index (κ2) is 8.63. The maximum atomic E-state index is 13.2. The summed E-state index contributed by atoms with van der Waals surface area (Å²) >= 11 is 7.51. The number of ether oxygens (including phenoxy) is 1. The molecule has 0 fully saturated rings. The van der Waals surface area contributed by atoms with E-state index in [1.165, 1.54) is 11.3 Å². The van der Waals surface area contributed by atoms with Crippen LogP contribution in [0.5, 0.6) is 5.75 Å². The van der Waals surface area contributed by atoms with Crippen molar-refractivity contribution in [3.63, 3.8) is 0 Å². The van der Waals surface area contributed by atoms with Crippen LogP contribution in [-0.4, -0.2) is 39.9 Å². The maximum absolute atomic E-state index is 13.2. The summed E-state index contributed by atoms with van der Waals surface area (Å²) in [6, 6.07) is 7.87. The summed E-state index contributed by atoms with van der Waals surface area (Å²) in [5, 5.41) is 0.709. The lowest BCUT2D eigenvalue weighted by atomic mass is 9.93. The van der Waals surface area contributed by atoms with E-state index in [2.05, 4.69) is 4.98 Å². The smallest absolute Gasteiger partial charge is 0.262 e. The van der Waals surface area contributed by atoms with Gasteiger partial charge in [0.05, 0.1) is 30.8 Å². The van der Waals surface area contributed by atoms with Crippen molar-refractivity contribution in [2.45, 2.75) is 39.8 Å². The van der Waals surface area contributed by atoms with E-state index in [1.807, 2.05) is 43.0 Å². The monoisotopic (exact) mass is 459 g/mol. The quantitative estimate of drug-likeness (QED) is 0.525. The highest BCUT2D eigenvalue weighted by atomic mass is 35.5. The highest BCUT2D eigenvalue weighted by Crippen LogP contribution is 2.34. The molecule has 3 heterocycles. The fourth-order valence-electron chi connectivity index (χ4n) is 3.88. The third kappa shape index (κ3) is 4.21. The largest absolute Gasteiger partial charge is 0.497 e. The molecule has 1 aliphatic heterocycles. The third-order valence-electron chi connectivity index (χ3n) is 5.83. The molecular formula is C23H26ClN3O3S. The van der Waals surface area contributed by atoms with Gasteiger partial charge in [0, 0.05) is 23.8 Å². The van der Waals surface area contributed by atoms with Gasteiger partial charge in [-0.3, -0.25) is 14.2 Å². The first-order valence-corrected chi connectivity index (χ1v) is 11.7. The highest BCUT2D eigenvalue weighted by molar-refractivity contribution is 7.18. The lowest BCUT2D eigenvalue weighted by Gasteiger charge is -2.33. The number of methoxy groups -OCH3 is 1. The standard InChI is InChI=1S/C23H26ClN3O3S/c1-23(2,13-24)22(29)26-11-9-17-18(12-26)31-20-19(17)21(28)27(14-25-20)10-8-15-4-6-16(30-3)7-5-15/h4-7,14H,8-13H2,1-3H3. The lowest BCUT2D eigenvalue weighted by Crippen LogP contribution is -2.44. The zero-order valence-corrected chi connectivity index (χ0v) is 19.6. The van der Waals surface area contributed by atoms with Crippen LogP contribution in [0.1, 0.15) is 29.9 Å². The number of hydrogen-bond donors (Lipinski definition) is 0. The average Bonchev–Trinajstić information content (AvgIpc) is 3.17. The number of amides is 1. The summed E-state index contributed by atoms with van der Waals surface area (Å²) in [7, 11) is 1.64. The Morgan fingerprint density at radius 3 is 2.71 bits per heavy atom. The van der Waals surface area contributed by atoms with Gasteiger partial charge in [0.2, 0.25) is 5.91 Å². The second-order valence-electron chi connectivity index (χ2n) is 8.52. The van der Waals surface area contributed by atoms with Gasteiger partial charge in [-0.2, -0.15) is 0 Å². The van der Waals surface area contributed by atoms with Gasteiger partial charge in [-0.25, -0.2) is 4.98 Å². The molecule has 0 aliphatic carbocycles. The van der Waals surface area contributed by atoms with Gasteiger partial charge < -0.3 is 9.64 Å². The van der Waals surface area contributed by atoms with Gasteiger partial charge in [-0.05, 0) is 49.9 Å². The molecule has 4 rings (SSSR count). The van der Waals surface area contributed by atoms with E-state index in [-0.39, 0.29) is 17.3 Å². The molecule has 0 bridgehead atoms. The van der Waals surface area contributed by atoms with Gasteiger partial charge in [0.25, 0.3) is 5.56 Å².